The van der Waals surface area contributed by atoms with Crippen LogP contribution in [-0.4, -0.2) is 18.5 Å². The van der Waals surface area contributed by atoms with E-state index in [0.717, 1.165) is 0 Å². The Morgan fingerprint density at radius 1 is 1.28 bits per heavy atom. The van der Waals surface area contributed by atoms with Crippen LogP contribution in [0, 0.1) is 17.5 Å². The summed E-state index contributed by atoms with van der Waals surface area (Å²) in [6.45, 7) is 4.35. The maximum Gasteiger partial charge on any atom is 0.226 e. The molecule has 0 saturated carbocycles. The van der Waals surface area contributed by atoms with Gasteiger partial charge in [0.2, 0.25) is 5.91 Å². The van der Waals surface area contributed by atoms with E-state index in [-0.39, 0.29) is 12.5 Å². The molecule has 1 amide bonds. The van der Waals surface area contributed by atoms with Gasteiger partial charge in [-0.25, -0.2) is 13.2 Å². The number of anilines is 1. The second kappa shape index (κ2) is 6.39. The Bertz CT molecular complexity index is 414. The molecule has 18 heavy (non-hydrogen) atoms. The van der Waals surface area contributed by atoms with Gasteiger partial charge in [-0.3, -0.25) is 4.79 Å². The van der Waals surface area contributed by atoms with Crippen LogP contribution in [0.5, 0.6) is 0 Å². The fourth-order valence-electron chi connectivity index (χ4n) is 1.55. The number of rotatable bonds is 5. The Balaban J connectivity index is 2.70. The number of nitrogens with one attached hydrogen (secondary N) is 2. The van der Waals surface area contributed by atoms with E-state index < -0.39 is 29.0 Å². The summed E-state index contributed by atoms with van der Waals surface area (Å²) in [6, 6.07) is 0.931. The summed E-state index contributed by atoms with van der Waals surface area (Å²) < 4.78 is 39.1. The van der Waals surface area contributed by atoms with Crippen molar-refractivity contribution >= 4 is 11.6 Å². The summed E-state index contributed by atoms with van der Waals surface area (Å²) in [4.78, 5) is 11.5. The minimum atomic E-state index is -1.13. The lowest BCUT2D eigenvalue weighted by molar-refractivity contribution is -0.116. The van der Waals surface area contributed by atoms with Crippen LogP contribution < -0.4 is 10.6 Å². The molecular weight excluding hydrogens is 245 g/mol. The van der Waals surface area contributed by atoms with E-state index in [2.05, 4.69) is 10.6 Å². The van der Waals surface area contributed by atoms with Gasteiger partial charge in [0, 0.05) is 24.6 Å². The van der Waals surface area contributed by atoms with Gasteiger partial charge < -0.3 is 10.6 Å². The zero-order chi connectivity index (χ0) is 13.7. The Labute approximate surface area is 103 Å². The molecule has 0 spiro atoms. The first-order valence-electron chi connectivity index (χ1n) is 5.61. The van der Waals surface area contributed by atoms with Crippen molar-refractivity contribution < 1.29 is 18.0 Å². The Kier molecular flexibility index (Phi) is 5.15. The first-order valence-corrected chi connectivity index (χ1v) is 5.61. The highest BCUT2D eigenvalue weighted by molar-refractivity contribution is 5.91. The van der Waals surface area contributed by atoms with Crippen molar-refractivity contribution in [1.82, 2.24) is 5.32 Å². The molecule has 0 radical (unpaired) electrons. The molecule has 1 atom stereocenters. The van der Waals surface area contributed by atoms with Gasteiger partial charge in [-0.2, -0.15) is 0 Å². The summed E-state index contributed by atoms with van der Waals surface area (Å²) in [6.07, 6.45) is 0.0735. The van der Waals surface area contributed by atoms with E-state index in [4.69, 9.17) is 0 Å². The van der Waals surface area contributed by atoms with Crippen LogP contribution >= 0.6 is 0 Å². The maximum absolute atomic E-state index is 13.2. The van der Waals surface area contributed by atoms with E-state index >= 15 is 0 Å². The van der Waals surface area contributed by atoms with E-state index in [9.17, 15) is 18.0 Å². The summed E-state index contributed by atoms with van der Waals surface area (Å²) in [5, 5.41) is 5.09. The summed E-state index contributed by atoms with van der Waals surface area (Å²) in [7, 11) is 0. The highest BCUT2D eigenvalue weighted by Gasteiger charge is 2.15. The summed E-state index contributed by atoms with van der Waals surface area (Å²) in [5.41, 5.74) is -0.620. The lowest BCUT2D eigenvalue weighted by Crippen LogP contribution is -2.30. The predicted octanol–water partition coefficient (Wildman–Crippen LogP) is 2.43. The normalized spacial score (nSPS) is 12.3. The third-order valence-electron chi connectivity index (χ3n) is 2.32. The minimum Gasteiger partial charge on any atom is -0.321 e. The van der Waals surface area contributed by atoms with Crippen LogP contribution in [0.3, 0.4) is 0 Å². The Hall–Kier alpha value is -1.56. The Morgan fingerprint density at radius 2 is 1.83 bits per heavy atom. The molecule has 0 aliphatic heterocycles. The van der Waals surface area contributed by atoms with Crippen LogP contribution in [0.25, 0.3) is 0 Å². The number of carbonyl (C=O) groups is 1. The third-order valence-corrected chi connectivity index (χ3v) is 2.32. The van der Waals surface area contributed by atoms with Gasteiger partial charge >= 0.3 is 0 Å². The third kappa shape index (κ3) is 4.03. The Morgan fingerprint density at radius 3 is 2.33 bits per heavy atom. The van der Waals surface area contributed by atoms with Gasteiger partial charge in [0.25, 0.3) is 0 Å². The van der Waals surface area contributed by atoms with Crippen LogP contribution in [0.1, 0.15) is 20.3 Å². The van der Waals surface area contributed by atoms with Gasteiger partial charge in [0.05, 0.1) is 0 Å². The fraction of sp³-hybridized carbons (Fsp3) is 0.417. The van der Waals surface area contributed by atoms with Crippen molar-refractivity contribution in [2.24, 2.45) is 0 Å². The first kappa shape index (κ1) is 14.5. The molecule has 1 aromatic rings. The second-order valence-electron chi connectivity index (χ2n) is 3.96. The van der Waals surface area contributed by atoms with Gasteiger partial charge in [-0.1, -0.05) is 6.92 Å². The van der Waals surface area contributed by atoms with Gasteiger partial charge in [-0.15, -0.1) is 0 Å². The van der Waals surface area contributed by atoms with Crippen LogP contribution in [0.15, 0.2) is 12.1 Å². The molecule has 0 saturated heterocycles. The molecule has 2 N–H and O–H groups in total. The second-order valence-corrected chi connectivity index (χ2v) is 3.96. The highest BCUT2D eigenvalue weighted by Crippen LogP contribution is 2.20. The number of carbonyl (C=O) groups excluding carboxylic acids is 1. The largest absolute Gasteiger partial charge is 0.321 e. The minimum absolute atomic E-state index is 0.0735. The van der Waals surface area contributed by atoms with Crippen molar-refractivity contribution in [1.29, 1.82) is 0 Å². The zero-order valence-electron chi connectivity index (χ0n) is 10.2. The molecule has 0 aliphatic rings. The number of hydrogen-bond acceptors (Lipinski definition) is 2. The van der Waals surface area contributed by atoms with Crippen molar-refractivity contribution in [3.05, 3.63) is 29.6 Å². The highest BCUT2D eigenvalue weighted by atomic mass is 19.1. The standard InChI is InChI=1S/C12H15F3N2O/c1-3-16-7(2)4-11(18)17-12-9(14)5-8(13)6-10(12)15/h5-7,16H,3-4H2,1-2H3,(H,17,18). The molecule has 1 aromatic carbocycles. The van der Waals surface area contributed by atoms with Crippen molar-refractivity contribution in [3.8, 4) is 0 Å². The maximum atomic E-state index is 13.2. The van der Waals surface area contributed by atoms with Gasteiger partial charge in [0.15, 0.2) is 11.6 Å². The predicted molar refractivity (Wildman–Crippen MR) is 62.7 cm³/mol. The van der Waals surface area contributed by atoms with E-state index in [1.807, 2.05) is 6.92 Å². The molecule has 0 aromatic heterocycles. The zero-order valence-corrected chi connectivity index (χ0v) is 10.2. The van der Waals surface area contributed by atoms with E-state index in [0.29, 0.717) is 18.7 Å². The molecule has 0 heterocycles. The van der Waals surface area contributed by atoms with Crippen molar-refractivity contribution in [2.75, 3.05) is 11.9 Å². The topological polar surface area (TPSA) is 41.1 Å². The molecular formula is C12H15F3N2O. The quantitative estimate of drug-likeness (QED) is 0.853. The van der Waals surface area contributed by atoms with Gasteiger partial charge in [-0.05, 0) is 13.5 Å². The molecule has 0 fully saturated rings. The van der Waals surface area contributed by atoms with E-state index in [1.54, 1.807) is 6.92 Å². The van der Waals surface area contributed by atoms with Crippen LogP contribution in [0.4, 0.5) is 18.9 Å². The van der Waals surface area contributed by atoms with Crippen LogP contribution in [0.2, 0.25) is 0 Å². The number of halogens is 3. The van der Waals surface area contributed by atoms with E-state index in [1.165, 1.54) is 0 Å². The SMILES string of the molecule is CCNC(C)CC(=O)Nc1c(F)cc(F)cc1F. The smallest absolute Gasteiger partial charge is 0.226 e. The number of amides is 1. The summed E-state index contributed by atoms with van der Waals surface area (Å²) >= 11 is 0. The molecule has 100 valence electrons. The van der Waals surface area contributed by atoms with Crippen molar-refractivity contribution in [3.63, 3.8) is 0 Å². The van der Waals surface area contributed by atoms with Crippen molar-refractivity contribution in [2.45, 2.75) is 26.3 Å². The molecule has 3 nitrogen and oxygen atoms in total. The average Bonchev–Trinajstić information content (AvgIpc) is 2.23. The monoisotopic (exact) mass is 260 g/mol. The summed E-state index contributed by atoms with van der Waals surface area (Å²) in [5.74, 6) is -3.81. The fourth-order valence-corrected chi connectivity index (χ4v) is 1.55. The lowest BCUT2D eigenvalue weighted by atomic mass is 10.2. The number of hydrogen-bond donors (Lipinski definition) is 2. The van der Waals surface area contributed by atoms with Crippen LogP contribution in [-0.2, 0) is 4.79 Å². The molecule has 6 heteroatoms. The lowest BCUT2D eigenvalue weighted by Gasteiger charge is -2.13. The van der Waals surface area contributed by atoms with Gasteiger partial charge in [0.1, 0.15) is 11.5 Å². The number of benzene rings is 1. The average molecular weight is 260 g/mol. The first-order chi connectivity index (χ1) is 8.43. The molecule has 1 unspecified atom stereocenters. The molecule has 0 bridgehead atoms. The molecule has 0 aliphatic carbocycles. The molecule has 1 rings (SSSR count).